The number of hydrogen-bond donors (Lipinski definition) is 1. The molecule has 0 radical (unpaired) electrons. The van der Waals surface area contributed by atoms with E-state index in [1.54, 1.807) is 10.9 Å². The first-order valence-corrected chi connectivity index (χ1v) is 16.7. The predicted octanol–water partition coefficient (Wildman–Crippen LogP) is 5.03. The third-order valence-corrected chi connectivity index (χ3v) is 8.09. The molecule has 1 unspecified atom stereocenters. The molecule has 2 aromatic rings. The molecule has 0 saturated carbocycles. The molecule has 1 N–H and O–H groups in total. The average Bonchev–Trinajstić information content (AvgIpc) is 3.77. The summed E-state index contributed by atoms with van der Waals surface area (Å²) in [5.74, 6) is -0.651. The summed E-state index contributed by atoms with van der Waals surface area (Å²) in [5, 5.41) is 3.38. The number of aromatic nitrogens is 4. The fourth-order valence-corrected chi connectivity index (χ4v) is 5.55. The Labute approximate surface area is 265 Å². The summed E-state index contributed by atoms with van der Waals surface area (Å²) in [6, 6.07) is 0.0979. The van der Waals surface area contributed by atoms with Crippen molar-refractivity contribution < 1.29 is 38.1 Å². The zero-order valence-corrected chi connectivity index (χ0v) is 26.9. The van der Waals surface area contributed by atoms with E-state index in [1.165, 1.54) is 6.33 Å². The zero-order chi connectivity index (χ0) is 32.0. The summed E-state index contributed by atoms with van der Waals surface area (Å²) in [5.41, 5.74) is 0.966. The lowest BCUT2D eigenvalue weighted by molar-refractivity contribution is -0.169. The van der Waals surface area contributed by atoms with Gasteiger partial charge in [0.1, 0.15) is 19.0 Å². The van der Waals surface area contributed by atoms with Crippen molar-refractivity contribution in [2.24, 2.45) is 0 Å². The Morgan fingerprint density at radius 3 is 2.13 bits per heavy atom. The van der Waals surface area contributed by atoms with E-state index in [9.17, 15) is 14.4 Å². The molecule has 4 rings (SSSR count). The maximum absolute atomic E-state index is 13.1. The van der Waals surface area contributed by atoms with E-state index in [4.69, 9.17) is 23.7 Å². The van der Waals surface area contributed by atoms with Gasteiger partial charge in [-0.25, -0.2) is 15.0 Å². The van der Waals surface area contributed by atoms with Crippen LogP contribution in [0, 0.1) is 0 Å². The van der Waals surface area contributed by atoms with Crippen LogP contribution in [0.3, 0.4) is 0 Å². The largest absolute Gasteiger partial charge is 0.463 e. The van der Waals surface area contributed by atoms with Gasteiger partial charge in [0.2, 0.25) is 0 Å². The number of anilines is 1. The van der Waals surface area contributed by atoms with E-state index >= 15 is 0 Å². The Morgan fingerprint density at radius 1 is 0.867 bits per heavy atom. The molecule has 13 nitrogen and oxygen atoms in total. The molecule has 2 aromatic heterocycles. The van der Waals surface area contributed by atoms with Crippen LogP contribution in [-0.4, -0.2) is 81.6 Å². The fraction of sp³-hybridized carbons (Fsp3) is 0.750. The van der Waals surface area contributed by atoms with Gasteiger partial charge in [-0.05, 0) is 25.7 Å². The first kappa shape index (κ1) is 34.6. The molecular formula is C32H49N5O8. The van der Waals surface area contributed by atoms with Crippen molar-refractivity contribution in [3.63, 3.8) is 0 Å². The Balaban J connectivity index is 1.62. The smallest absolute Gasteiger partial charge is 0.306 e. The topological polar surface area (TPSA) is 153 Å². The number of nitrogens with zero attached hydrogens (tertiary/aromatic N) is 4. The Kier molecular flexibility index (Phi) is 13.8. The summed E-state index contributed by atoms with van der Waals surface area (Å²) in [6.45, 7) is 7.26. The van der Waals surface area contributed by atoms with Crippen LogP contribution < -0.4 is 5.32 Å². The Morgan fingerprint density at radius 2 is 1.51 bits per heavy atom. The second-order valence-electron chi connectivity index (χ2n) is 11.8. The Bertz CT molecular complexity index is 1230. The van der Waals surface area contributed by atoms with E-state index in [0.717, 1.165) is 51.4 Å². The third-order valence-electron chi connectivity index (χ3n) is 8.09. The van der Waals surface area contributed by atoms with Gasteiger partial charge in [-0.1, -0.05) is 59.3 Å². The van der Waals surface area contributed by atoms with Gasteiger partial charge in [0.05, 0.1) is 19.0 Å². The molecule has 45 heavy (non-hydrogen) atoms. The molecule has 0 aromatic carbocycles. The quantitative estimate of drug-likeness (QED) is 0.126. The van der Waals surface area contributed by atoms with Crippen molar-refractivity contribution >= 4 is 34.9 Å². The standard InChI is InChI=1S/C32H49N5O8/c1-4-7-10-13-24(38)42-19-23-28(44-25(39)14-11-8-5-2)29(45-26(40)15-12-9-6-3)32(43-23)37-21-35-27-30(33-20-34-31(27)37)36-22-16-17-41-18-22/h20-23,28-29,32H,4-19H2,1-3H3,(H,33,34,36)/t22-,23-,28-,29-,32?/m1/s1. The van der Waals surface area contributed by atoms with Gasteiger partial charge >= 0.3 is 17.9 Å². The first-order chi connectivity index (χ1) is 21.9. The lowest BCUT2D eigenvalue weighted by Gasteiger charge is -2.25. The summed E-state index contributed by atoms with van der Waals surface area (Å²) in [6.07, 6.45) is 8.37. The number of fused-ring (bicyclic) bond motifs is 1. The van der Waals surface area contributed by atoms with Crippen molar-refractivity contribution in [1.29, 1.82) is 0 Å². The third kappa shape index (κ3) is 9.83. The van der Waals surface area contributed by atoms with E-state index < -0.39 is 36.5 Å². The highest BCUT2D eigenvalue weighted by atomic mass is 16.7. The summed E-state index contributed by atoms with van der Waals surface area (Å²) >= 11 is 0. The molecule has 0 bridgehead atoms. The number of esters is 3. The highest BCUT2D eigenvalue weighted by Gasteiger charge is 2.51. The van der Waals surface area contributed by atoms with Crippen LogP contribution in [0.4, 0.5) is 5.82 Å². The number of nitrogens with one attached hydrogen (secondary N) is 1. The van der Waals surface area contributed by atoms with Crippen LogP contribution in [0.1, 0.15) is 110 Å². The number of ether oxygens (including phenoxy) is 5. The number of carbonyl (C=O) groups is 3. The SMILES string of the molecule is CCCCCC(=O)OC[C@H]1OC(n2cnc3c(N[C@@H]4CCOC4)ncnc32)[C@H](OC(=O)CCCCC)[C@@H]1OC(=O)CCCCC. The van der Waals surface area contributed by atoms with Gasteiger partial charge < -0.3 is 29.0 Å². The number of rotatable bonds is 19. The molecule has 0 amide bonds. The van der Waals surface area contributed by atoms with Gasteiger partial charge in [0, 0.05) is 25.9 Å². The number of carbonyl (C=O) groups excluding carboxylic acids is 3. The van der Waals surface area contributed by atoms with Crippen LogP contribution in [0.2, 0.25) is 0 Å². The van der Waals surface area contributed by atoms with Gasteiger partial charge in [-0.3, -0.25) is 19.0 Å². The zero-order valence-electron chi connectivity index (χ0n) is 26.9. The van der Waals surface area contributed by atoms with Gasteiger partial charge in [0.25, 0.3) is 0 Å². The first-order valence-electron chi connectivity index (χ1n) is 16.7. The predicted molar refractivity (Wildman–Crippen MR) is 165 cm³/mol. The van der Waals surface area contributed by atoms with Crippen molar-refractivity contribution in [2.45, 2.75) is 135 Å². The average molecular weight is 632 g/mol. The molecule has 2 aliphatic heterocycles. The monoisotopic (exact) mass is 631 g/mol. The van der Waals surface area contributed by atoms with Crippen molar-refractivity contribution in [1.82, 2.24) is 19.5 Å². The van der Waals surface area contributed by atoms with E-state index in [1.807, 2.05) is 0 Å². The van der Waals surface area contributed by atoms with Crippen LogP contribution in [-0.2, 0) is 38.1 Å². The molecule has 2 saturated heterocycles. The minimum atomic E-state index is -1.02. The molecule has 0 aliphatic carbocycles. The van der Waals surface area contributed by atoms with E-state index in [0.29, 0.717) is 43.0 Å². The van der Waals surface area contributed by atoms with Crippen LogP contribution in [0.5, 0.6) is 0 Å². The number of imidazole rings is 1. The second-order valence-corrected chi connectivity index (χ2v) is 11.8. The lowest BCUT2D eigenvalue weighted by Crippen LogP contribution is -2.41. The van der Waals surface area contributed by atoms with E-state index in [-0.39, 0.29) is 37.9 Å². The van der Waals surface area contributed by atoms with Gasteiger partial charge in [-0.2, -0.15) is 0 Å². The van der Waals surface area contributed by atoms with E-state index in [2.05, 4.69) is 41.0 Å². The summed E-state index contributed by atoms with van der Waals surface area (Å²) in [4.78, 5) is 52.1. The Hall–Kier alpha value is -3.32. The minimum Gasteiger partial charge on any atom is -0.463 e. The molecule has 250 valence electrons. The van der Waals surface area contributed by atoms with Crippen molar-refractivity contribution in [2.75, 3.05) is 25.1 Å². The normalized spacial score (nSPS) is 22.9. The second kappa shape index (κ2) is 18.0. The highest BCUT2D eigenvalue weighted by molar-refractivity contribution is 5.83. The maximum Gasteiger partial charge on any atom is 0.306 e. The highest BCUT2D eigenvalue weighted by Crippen LogP contribution is 2.37. The fourth-order valence-electron chi connectivity index (χ4n) is 5.55. The molecule has 0 spiro atoms. The lowest BCUT2D eigenvalue weighted by atomic mass is 10.1. The molecule has 4 heterocycles. The molecule has 2 fully saturated rings. The van der Waals surface area contributed by atoms with Gasteiger partial charge in [-0.15, -0.1) is 0 Å². The van der Waals surface area contributed by atoms with Crippen LogP contribution >= 0.6 is 0 Å². The number of hydrogen-bond acceptors (Lipinski definition) is 12. The van der Waals surface area contributed by atoms with Crippen molar-refractivity contribution in [3.05, 3.63) is 12.7 Å². The maximum atomic E-state index is 13.1. The van der Waals surface area contributed by atoms with Crippen LogP contribution in [0.15, 0.2) is 12.7 Å². The number of unbranched alkanes of at least 4 members (excludes halogenated alkanes) is 6. The molecule has 5 atom stereocenters. The van der Waals surface area contributed by atoms with Crippen molar-refractivity contribution in [3.8, 4) is 0 Å². The van der Waals surface area contributed by atoms with Crippen LogP contribution in [0.25, 0.3) is 11.2 Å². The molecular weight excluding hydrogens is 582 g/mol. The summed E-state index contributed by atoms with van der Waals surface area (Å²) < 4.78 is 31.2. The molecule has 2 aliphatic rings. The minimum absolute atomic E-state index is 0.0979. The van der Waals surface area contributed by atoms with Gasteiger partial charge in [0.15, 0.2) is 35.4 Å². The molecule has 13 heteroatoms. The summed E-state index contributed by atoms with van der Waals surface area (Å²) in [7, 11) is 0.